The molecule has 0 saturated heterocycles. The molecule has 0 fully saturated rings. The monoisotopic (exact) mass is 282 g/mol. The molecule has 0 aliphatic carbocycles. The molecular weight excluding hydrogens is 260 g/mol. The fourth-order valence-corrected chi connectivity index (χ4v) is 2.19. The van der Waals surface area contributed by atoms with E-state index in [0.717, 1.165) is 13.1 Å². The van der Waals surface area contributed by atoms with Crippen LogP contribution >= 0.6 is 0 Å². The molecular formula is C17H22N4. The first-order valence-electron chi connectivity index (χ1n) is 7.17. The number of nitrogens with one attached hydrogen (secondary N) is 1. The van der Waals surface area contributed by atoms with Gasteiger partial charge < -0.3 is 9.88 Å². The number of nitrogens with zero attached hydrogens (tertiary/aromatic N) is 3. The molecule has 0 amide bonds. The molecule has 0 aliphatic rings. The predicted octanol–water partition coefficient (Wildman–Crippen LogP) is 2.96. The van der Waals surface area contributed by atoms with Gasteiger partial charge in [-0.1, -0.05) is 32.9 Å². The molecule has 4 nitrogen and oxygen atoms in total. The van der Waals surface area contributed by atoms with Crippen LogP contribution in [-0.4, -0.2) is 15.6 Å². The summed E-state index contributed by atoms with van der Waals surface area (Å²) in [5.74, 6) is 0. The van der Waals surface area contributed by atoms with Gasteiger partial charge in [0, 0.05) is 31.5 Å². The van der Waals surface area contributed by atoms with Gasteiger partial charge in [-0.3, -0.25) is 0 Å². The summed E-state index contributed by atoms with van der Waals surface area (Å²) in [6, 6.07) is 10.2. The molecule has 1 unspecified atom stereocenters. The van der Waals surface area contributed by atoms with E-state index in [1.807, 2.05) is 36.8 Å². The van der Waals surface area contributed by atoms with Crippen LogP contribution in [0.15, 0.2) is 43.0 Å². The molecule has 1 atom stereocenters. The second-order valence-corrected chi connectivity index (χ2v) is 6.37. The molecule has 21 heavy (non-hydrogen) atoms. The summed E-state index contributed by atoms with van der Waals surface area (Å²) < 4.78 is 2.10. The zero-order valence-electron chi connectivity index (χ0n) is 12.9. The largest absolute Gasteiger partial charge is 0.336 e. The lowest BCUT2D eigenvalue weighted by Crippen LogP contribution is -2.42. The van der Waals surface area contributed by atoms with E-state index in [1.54, 1.807) is 6.20 Å². The fourth-order valence-electron chi connectivity index (χ4n) is 2.19. The van der Waals surface area contributed by atoms with E-state index < -0.39 is 0 Å². The van der Waals surface area contributed by atoms with Crippen molar-refractivity contribution in [1.29, 1.82) is 5.26 Å². The van der Waals surface area contributed by atoms with E-state index in [9.17, 15) is 0 Å². The number of hydrogen-bond donors (Lipinski definition) is 1. The summed E-state index contributed by atoms with van der Waals surface area (Å²) in [4.78, 5) is 4.10. The Morgan fingerprint density at radius 3 is 2.52 bits per heavy atom. The van der Waals surface area contributed by atoms with Gasteiger partial charge in [-0.25, -0.2) is 4.98 Å². The predicted molar refractivity (Wildman–Crippen MR) is 83.5 cm³/mol. The van der Waals surface area contributed by atoms with Gasteiger partial charge in [0.1, 0.15) is 0 Å². The van der Waals surface area contributed by atoms with E-state index in [4.69, 9.17) is 5.26 Å². The number of imidazole rings is 1. The van der Waals surface area contributed by atoms with Crippen LogP contribution in [0.2, 0.25) is 0 Å². The van der Waals surface area contributed by atoms with Crippen molar-refractivity contribution in [3.05, 3.63) is 54.1 Å². The number of hydrogen-bond acceptors (Lipinski definition) is 3. The van der Waals surface area contributed by atoms with Crippen LogP contribution in [0, 0.1) is 16.7 Å². The molecule has 4 heteroatoms. The van der Waals surface area contributed by atoms with E-state index in [0.29, 0.717) is 11.6 Å². The second-order valence-electron chi connectivity index (χ2n) is 6.37. The summed E-state index contributed by atoms with van der Waals surface area (Å²) in [5.41, 5.74) is 2.04. The third-order valence-electron chi connectivity index (χ3n) is 3.63. The van der Waals surface area contributed by atoms with E-state index in [-0.39, 0.29) is 5.41 Å². The standard InChI is InChI=1S/C17H22N4/c1-17(2,3)16(12-21-9-8-19-13-21)20-11-15-6-4-14(10-18)5-7-15/h4-9,13,16,20H,11-12H2,1-3H3. The number of rotatable bonds is 5. The summed E-state index contributed by atoms with van der Waals surface area (Å²) >= 11 is 0. The Morgan fingerprint density at radius 1 is 1.29 bits per heavy atom. The van der Waals surface area contributed by atoms with Crippen LogP contribution in [0.4, 0.5) is 0 Å². The third kappa shape index (κ3) is 4.44. The highest BCUT2D eigenvalue weighted by atomic mass is 15.1. The van der Waals surface area contributed by atoms with Crippen molar-refractivity contribution in [3.63, 3.8) is 0 Å². The quantitative estimate of drug-likeness (QED) is 0.917. The van der Waals surface area contributed by atoms with Crippen molar-refractivity contribution in [2.45, 2.75) is 39.9 Å². The maximum atomic E-state index is 8.82. The van der Waals surface area contributed by atoms with Gasteiger partial charge in [0.25, 0.3) is 0 Å². The second kappa shape index (κ2) is 6.55. The smallest absolute Gasteiger partial charge is 0.0991 e. The SMILES string of the molecule is CC(C)(C)C(Cn1ccnc1)NCc1ccc(C#N)cc1. The first kappa shape index (κ1) is 15.3. The minimum absolute atomic E-state index is 0.150. The Hall–Kier alpha value is -2.12. The Labute approximate surface area is 126 Å². The number of benzene rings is 1. The first-order chi connectivity index (χ1) is 9.99. The summed E-state index contributed by atoms with van der Waals surface area (Å²) in [7, 11) is 0. The van der Waals surface area contributed by atoms with Crippen LogP contribution in [0.25, 0.3) is 0 Å². The van der Waals surface area contributed by atoms with Crippen LogP contribution in [0.5, 0.6) is 0 Å². The van der Waals surface area contributed by atoms with Gasteiger partial charge in [0.05, 0.1) is 18.0 Å². The average molecular weight is 282 g/mol. The molecule has 0 spiro atoms. The normalized spacial score (nSPS) is 12.9. The molecule has 110 valence electrons. The Kier molecular flexibility index (Phi) is 4.77. The summed E-state index contributed by atoms with van der Waals surface area (Å²) in [6.07, 6.45) is 5.64. The lowest BCUT2D eigenvalue weighted by molar-refractivity contribution is 0.240. The first-order valence-corrected chi connectivity index (χ1v) is 7.17. The van der Waals surface area contributed by atoms with Gasteiger partial charge in [0.15, 0.2) is 0 Å². The average Bonchev–Trinajstić information content (AvgIpc) is 2.96. The van der Waals surface area contributed by atoms with Crippen molar-refractivity contribution < 1.29 is 0 Å². The van der Waals surface area contributed by atoms with Crippen LogP contribution in [-0.2, 0) is 13.1 Å². The van der Waals surface area contributed by atoms with Crippen molar-refractivity contribution in [3.8, 4) is 6.07 Å². The summed E-state index contributed by atoms with van der Waals surface area (Å²) in [6.45, 7) is 8.39. The van der Waals surface area contributed by atoms with Crippen LogP contribution in [0.3, 0.4) is 0 Å². The van der Waals surface area contributed by atoms with E-state index in [1.165, 1.54) is 5.56 Å². The van der Waals surface area contributed by atoms with Gasteiger partial charge in [-0.2, -0.15) is 5.26 Å². The van der Waals surface area contributed by atoms with Crippen molar-refractivity contribution in [1.82, 2.24) is 14.9 Å². The Bertz CT molecular complexity index is 585. The van der Waals surface area contributed by atoms with Gasteiger partial charge in [-0.15, -0.1) is 0 Å². The molecule has 0 radical (unpaired) electrons. The topological polar surface area (TPSA) is 53.6 Å². The molecule has 0 aliphatic heterocycles. The molecule has 0 bridgehead atoms. The van der Waals surface area contributed by atoms with Crippen molar-refractivity contribution >= 4 is 0 Å². The minimum Gasteiger partial charge on any atom is -0.336 e. The fraction of sp³-hybridized carbons (Fsp3) is 0.412. The zero-order chi connectivity index (χ0) is 15.3. The molecule has 2 rings (SSSR count). The Balaban J connectivity index is 2.00. The highest BCUT2D eigenvalue weighted by molar-refractivity contribution is 5.31. The van der Waals surface area contributed by atoms with Gasteiger partial charge >= 0.3 is 0 Å². The molecule has 2 aromatic rings. The lowest BCUT2D eigenvalue weighted by Gasteiger charge is -2.32. The van der Waals surface area contributed by atoms with Crippen LogP contribution < -0.4 is 5.32 Å². The maximum absolute atomic E-state index is 8.82. The molecule has 0 saturated carbocycles. The number of aromatic nitrogens is 2. The highest BCUT2D eigenvalue weighted by Crippen LogP contribution is 2.21. The highest BCUT2D eigenvalue weighted by Gasteiger charge is 2.24. The molecule has 1 N–H and O–H groups in total. The van der Waals surface area contributed by atoms with Gasteiger partial charge in [-0.05, 0) is 23.1 Å². The van der Waals surface area contributed by atoms with Crippen LogP contribution in [0.1, 0.15) is 31.9 Å². The summed E-state index contributed by atoms with van der Waals surface area (Å²) in [5, 5.41) is 12.4. The third-order valence-corrected chi connectivity index (χ3v) is 3.63. The molecule has 1 heterocycles. The Morgan fingerprint density at radius 2 is 2.00 bits per heavy atom. The van der Waals surface area contributed by atoms with E-state index in [2.05, 4.69) is 41.7 Å². The van der Waals surface area contributed by atoms with Crippen molar-refractivity contribution in [2.75, 3.05) is 0 Å². The molecule has 1 aromatic heterocycles. The minimum atomic E-state index is 0.150. The number of nitriles is 1. The molecule has 1 aromatic carbocycles. The van der Waals surface area contributed by atoms with Crippen molar-refractivity contribution in [2.24, 2.45) is 5.41 Å². The van der Waals surface area contributed by atoms with E-state index >= 15 is 0 Å². The maximum Gasteiger partial charge on any atom is 0.0991 e. The van der Waals surface area contributed by atoms with Gasteiger partial charge in [0.2, 0.25) is 0 Å². The lowest BCUT2D eigenvalue weighted by atomic mass is 9.86. The zero-order valence-corrected chi connectivity index (χ0v) is 12.9.